The highest BCUT2D eigenvalue weighted by atomic mass is 16.3. The number of nitrogens with zero attached hydrogens (tertiary/aromatic N) is 2. The van der Waals surface area contributed by atoms with Gasteiger partial charge in [0.2, 0.25) is 0 Å². The molecule has 1 aliphatic carbocycles. The summed E-state index contributed by atoms with van der Waals surface area (Å²) in [5.41, 5.74) is 23.9. The van der Waals surface area contributed by atoms with Crippen molar-refractivity contribution in [1.82, 2.24) is 0 Å². The fourth-order valence-electron chi connectivity index (χ4n) is 12.5. The average molecular weight is 995 g/mol. The molecule has 0 radical (unpaired) electrons. The molecule has 3 heteroatoms. The SMILES string of the molecule is Cc1ccc2c(oc3ccccc32)c1N(c1ccccc1)c1ccc2c(-c3ccccc3)c3c(c(-c4ccccc4)c2c1)-c1c-3c(-c2ccccc2)c2cc(N(c3ccccc3)c3ccccc3)ccc2c1-c1ccccc1. The first kappa shape index (κ1) is 45.2. The first-order valence-corrected chi connectivity index (χ1v) is 26.8. The highest BCUT2D eigenvalue weighted by Gasteiger charge is 2.39. The zero-order chi connectivity index (χ0) is 51.7. The Kier molecular flexibility index (Phi) is 10.8. The van der Waals surface area contributed by atoms with E-state index >= 15 is 0 Å². The van der Waals surface area contributed by atoms with E-state index in [1.54, 1.807) is 0 Å². The monoisotopic (exact) mass is 994 g/mol. The molecule has 0 spiro atoms. The summed E-state index contributed by atoms with van der Waals surface area (Å²) in [6, 6.07) is 104. The van der Waals surface area contributed by atoms with Crippen LogP contribution in [0.2, 0.25) is 0 Å². The second-order valence-corrected chi connectivity index (χ2v) is 20.3. The van der Waals surface area contributed by atoms with Crippen molar-refractivity contribution in [3.05, 3.63) is 291 Å². The summed E-state index contributed by atoms with van der Waals surface area (Å²) in [4.78, 5) is 4.79. The third kappa shape index (κ3) is 7.20. The van der Waals surface area contributed by atoms with Crippen LogP contribution in [0.4, 0.5) is 34.1 Å². The van der Waals surface area contributed by atoms with Crippen molar-refractivity contribution in [2.75, 3.05) is 9.80 Å². The highest BCUT2D eigenvalue weighted by molar-refractivity contribution is 6.33. The molecule has 1 aromatic heterocycles. The summed E-state index contributed by atoms with van der Waals surface area (Å²) in [6.07, 6.45) is 0. The Morgan fingerprint density at radius 2 is 0.577 bits per heavy atom. The zero-order valence-corrected chi connectivity index (χ0v) is 42.9. The van der Waals surface area contributed by atoms with E-state index in [4.69, 9.17) is 4.42 Å². The zero-order valence-electron chi connectivity index (χ0n) is 42.9. The lowest BCUT2D eigenvalue weighted by Gasteiger charge is -2.38. The summed E-state index contributed by atoms with van der Waals surface area (Å²) in [5, 5.41) is 6.96. The number of hydrogen-bond donors (Lipinski definition) is 0. The topological polar surface area (TPSA) is 19.6 Å². The van der Waals surface area contributed by atoms with Crippen molar-refractivity contribution >= 4 is 77.6 Å². The number of aryl methyl sites for hydroxylation is 1. The van der Waals surface area contributed by atoms with Crippen LogP contribution in [-0.2, 0) is 0 Å². The van der Waals surface area contributed by atoms with Crippen LogP contribution in [0.1, 0.15) is 5.56 Å². The van der Waals surface area contributed by atoms with Gasteiger partial charge >= 0.3 is 0 Å². The molecule has 366 valence electrons. The molecule has 13 aromatic carbocycles. The molecule has 0 bridgehead atoms. The first-order chi connectivity index (χ1) is 38.7. The minimum Gasteiger partial charge on any atom is -0.454 e. The Labute approximate surface area is 453 Å². The molecule has 1 heterocycles. The van der Waals surface area contributed by atoms with E-state index in [0.29, 0.717) is 0 Å². The van der Waals surface area contributed by atoms with E-state index in [9.17, 15) is 0 Å². The summed E-state index contributed by atoms with van der Waals surface area (Å²) in [7, 11) is 0. The summed E-state index contributed by atoms with van der Waals surface area (Å²) < 4.78 is 6.89. The largest absolute Gasteiger partial charge is 0.454 e. The molecule has 0 saturated carbocycles. The number of fused-ring (bicyclic) bond motifs is 9. The second kappa shape index (κ2) is 18.6. The van der Waals surface area contributed by atoms with E-state index in [1.807, 2.05) is 0 Å². The Hall–Kier alpha value is -10.2. The standard InChI is InChI=1S/C75H50N2O/c1-49-41-44-62-59-39-23-24-40-65(59)78-75(62)74(49)77(56-37-21-8-22-38-56)58-43-46-61-64(48-58)69(53-31-15-5-16-32-53)73-70-66(50-25-9-2-10-26-50)60-45-42-57(76(54-33-17-6-18-34-54)55-35-19-7-20-36-55)47-63(60)68(52-29-13-4-14-30-52)72(70)71(73)67(61)51-27-11-3-12-28-51/h2-48H,1H3. The van der Waals surface area contributed by atoms with Crippen LogP contribution < -0.4 is 9.80 Å². The van der Waals surface area contributed by atoms with Gasteiger partial charge in [-0.15, -0.1) is 0 Å². The van der Waals surface area contributed by atoms with Gasteiger partial charge in [0.05, 0.1) is 5.69 Å². The van der Waals surface area contributed by atoms with Gasteiger partial charge in [-0.25, -0.2) is 0 Å². The molecule has 3 nitrogen and oxygen atoms in total. The number of rotatable bonds is 10. The third-order valence-electron chi connectivity index (χ3n) is 15.8. The van der Waals surface area contributed by atoms with Gasteiger partial charge in [-0.3, -0.25) is 0 Å². The van der Waals surface area contributed by atoms with Crippen molar-refractivity contribution in [2.45, 2.75) is 6.92 Å². The minimum atomic E-state index is 0.867. The molecule has 14 aromatic rings. The molecule has 0 saturated heterocycles. The molecular weight excluding hydrogens is 945 g/mol. The van der Waals surface area contributed by atoms with Gasteiger partial charge in [0.25, 0.3) is 0 Å². The summed E-state index contributed by atoms with van der Waals surface area (Å²) in [6.45, 7) is 2.20. The maximum atomic E-state index is 6.89. The van der Waals surface area contributed by atoms with Gasteiger partial charge in [0.15, 0.2) is 5.58 Å². The molecule has 0 atom stereocenters. The van der Waals surface area contributed by atoms with Crippen LogP contribution >= 0.6 is 0 Å². The minimum absolute atomic E-state index is 0.867. The fourth-order valence-corrected chi connectivity index (χ4v) is 12.5. The van der Waals surface area contributed by atoms with Crippen LogP contribution in [0, 0.1) is 6.92 Å². The van der Waals surface area contributed by atoms with Crippen molar-refractivity contribution in [2.24, 2.45) is 0 Å². The van der Waals surface area contributed by atoms with E-state index in [0.717, 1.165) is 61.6 Å². The van der Waals surface area contributed by atoms with Gasteiger partial charge in [-0.05, 0) is 168 Å². The molecule has 78 heavy (non-hydrogen) atoms. The summed E-state index contributed by atoms with van der Waals surface area (Å²) in [5.74, 6) is 0. The third-order valence-corrected chi connectivity index (χ3v) is 15.8. The maximum Gasteiger partial charge on any atom is 0.159 e. The lowest BCUT2D eigenvalue weighted by atomic mass is 9.65. The quantitative estimate of drug-likeness (QED) is 0.136. The molecule has 15 rings (SSSR count). The van der Waals surface area contributed by atoms with Crippen LogP contribution in [0.3, 0.4) is 0 Å². The van der Waals surface area contributed by atoms with Gasteiger partial charge in [0, 0.05) is 39.2 Å². The van der Waals surface area contributed by atoms with Gasteiger partial charge in [-0.2, -0.15) is 0 Å². The van der Waals surface area contributed by atoms with Crippen LogP contribution in [0.25, 0.3) is 110 Å². The molecule has 0 amide bonds. The van der Waals surface area contributed by atoms with E-state index in [1.165, 1.54) is 88.3 Å². The number of para-hydroxylation sites is 4. The molecule has 0 fully saturated rings. The smallest absolute Gasteiger partial charge is 0.159 e. The normalized spacial score (nSPS) is 11.7. The van der Waals surface area contributed by atoms with Crippen molar-refractivity contribution < 1.29 is 4.42 Å². The van der Waals surface area contributed by atoms with Gasteiger partial charge < -0.3 is 14.2 Å². The number of hydrogen-bond acceptors (Lipinski definition) is 3. The van der Waals surface area contributed by atoms with Crippen LogP contribution in [-0.4, -0.2) is 0 Å². The van der Waals surface area contributed by atoms with Gasteiger partial charge in [0.1, 0.15) is 5.58 Å². The second-order valence-electron chi connectivity index (χ2n) is 20.3. The van der Waals surface area contributed by atoms with Crippen LogP contribution in [0.5, 0.6) is 0 Å². The molecule has 0 N–H and O–H groups in total. The number of furan rings is 1. The Balaban J connectivity index is 1.09. The van der Waals surface area contributed by atoms with E-state index < -0.39 is 0 Å². The number of anilines is 6. The predicted molar refractivity (Wildman–Crippen MR) is 329 cm³/mol. The maximum absolute atomic E-state index is 6.89. The lowest BCUT2D eigenvalue weighted by molar-refractivity contribution is 0.668. The van der Waals surface area contributed by atoms with Crippen molar-refractivity contribution in [1.29, 1.82) is 0 Å². The van der Waals surface area contributed by atoms with Crippen LogP contribution in [0.15, 0.2) is 290 Å². The van der Waals surface area contributed by atoms with E-state index in [2.05, 4.69) is 302 Å². The van der Waals surface area contributed by atoms with Gasteiger partial charge in [-0.1, -0.05) is 218 Å². The molecule has 0 unspecified atom stereocenters. The predicted octanol–water partition coefficient (Wildman–Crippen LogP) is 21.5. The Bertz CT molecular complexity index is 4540. The van der Waals surface area contributed by atoms with Crippen molar-refractivity contribution in [3.8, 4) is 66.8 Å². The highest BCUT2D eigenvalue weighted by Crippen LogP contribution is 2.66. The molecule has 1 aliphatic rings. The lowest BCUT2D eigenvalue weighted by Crippen LogP contribution is -2.13. The Morgan fingerprint density at radius 3 is 1.00 bits per heavy atom. The first-order valence-electron chi connectivity index (χ1n) is 26.8. The molecular formula is C75H50N2O. The number of benzene rings is 13. The molecule has 0 aliphatic heterocycles. The summed E-state index contributed by atoms with van der Waals surface area (Å²) >= 11 is 0. The van der Waals surface area contributed by atoms with Crippen molar-refractivity contribution in [3.63, 3.8) is 0 Å². The fraction of sp³-hybridized carbons (Fsp3) is 0.0133. The van der Waals surface area contributed by atoms with E-state index in [-0.39, 0.29) is 0 Å². The average Bonchev–Trinajstić information content (AvgIpc) is 2.83. The Morgan fingerprint density at radius 1 is 0.244 bits per heavy atom.